The van der Waals surface area contributed by atoms with Gasteiger partial charge >= 0.3 is 0 Å². The van der Waals surface area contributed by atoms with Gasteiger partial charge in [-0.05, 0) is 41.5 Å². The zero-order chi connectivity index (χ0) is 13.2. The number of rotatable bonds is 3. The van der Waals surface area contributed by atoms with Gasteiger partial charge in [-0.3, -0.25) is 4.79 Å². The molecule has 2 aromatic carbocycles. The highest BCUT2D eigenvalue weighted by Crippen LogP contribution is 2.27. The van der Waals surface area contributed by atoms with Gasteiger partial charge in [-0.2, -0.15) is 0 Å². The first-order valence-corrected chi connectivity index (χ1v) is 5.75. The van der Waals surface area contributed by atoms with E-state index in [-0.39, 0.29) is 5.69 Å². The molecular weight excluding hydrogens is 245 g/mol. The van der Waals surface area contributed by atoms with E-state index in [2.05, 4.69) is 5.32 Å². The Balaban J connectivity index is 2.05. The van der Waals surface area contributed by atoms with E-state index in [0.29, 0.717) is 6.41 Å². The lowest BCUT2D eigenvalue weighted by Crippen LogP contribution is -1.96. The molecule has 0 bridgehead atoms. The average Bonchev–Trinajstić information content (AvgIpc) is 2.88. The van der Waals surface area contributed by atoms with Crippen LogP contribution in [0.2, 0.25) is 0 Å². The third-order valence-corrected chi connectivity index (χ3v) is 2.97. The minimum absolute atomic E-state index is 0.170. The molecule has 3 aromatic rings. The first-order valence-electron chi connectivity index (χ1n) is 5.75. The largest absolute Gasteiger partial charge is 0.464 e. The highest BCUT2D eigenvalue weighted by atomic mass is 19.1. The number of carbonyl (C=O) groups is 1. The van der Waals surface area contributed by atoms with Crippen LogP contribution in [0.5, 0.6) is 0 Å². The van der Waals surface area contributed by atoms with Gasteiger partial charge in [0.1, 0.15) is 11.4 Å². The van der Waals surface area contributed by atoms with Crippen LogP contribution in [0, 0.1) is 5.82 Å². The number of amides is 1. The minimum Gasteiger partial charge on any atom is -0.464 e. The van der Waals surface area contributed by atoms with E-state index in [1.807, 2.05) is 24.3 Å². The predicted octanol–water partition coefficient (Wildman–Crippen LogP) is 3.81. The second kappa shape index (κ2) is 4.57. The molecule has 0 atom stereocenters. The molecule has 4 heteroatoms. The van der Waals surface area contributed by atoms with E-state index in [1.54, 1.807) is 18.4 Å². The van der Waals surface area contributed by atoms with Crippen LogP contribution >= 0.6 is 0 Å². The molecule has 1 N–H and O–H groups in total. The second-order valence-electron chi connectivity index (χ2n) is 4.13. The zero-order valence-electron chi connectivity index (χ0n) is 9.89. The maximum Gasteiger partial charge on any atom is 0.211 e. The lowest BCUT2D eigenvalue weighted by atomic mass is 10.0. The molecule has 0 aliphatic carbocycles. The standard InChI is InChI=1S/C15H10FNO2/c16-13-8-11(1-3-14(13)17-9-18)10-2-4-15-12(7-10)5-6-19-15/h1-9H,(H,17,18). The molecule has 0 aliphatic heterocycles. The fourth-order valence-corrected chi connectivity index (χ4v) is 2.02. The number of furan rings is 1. The number of carbonyl (C=O) groups excluding carboxylic acids is 1. The molecule has 0 saturated carbocycles. The highest BCUT2D eigenvalue weighted by Gasteiger charge is 2.06. The van der Waals surface area contributed by atoms with Crippen molar-refractivity contribution in [1.82, 2.24) is 0 Å². The molecule has 0 aliphatic rings. The maximum atomic E-state index is 13.7. The van der Waals surface area contributed by atoms with Crippen LogP contribution in [0.3, 0.4) is 0 Å². The van der Waals surface area contributed by atoms with Crippen LogP contribution in [-0.4, -0.2) is 6.41 Å². The van der Waals surface area contributed by atoms with E-state index in [4.69, 9.17) is 4.42 Å². The van der Waals surface area contributed by atoms with Crippen LogP contribution < -0.4 is 5.32 Å². The van der Waals surface area contributed by atoms with Crippen molar-refractivity contribution in [2.75, 3.05) is 5.32 Å². The minimum atomic E-state index is -0.461. The predicted molar refractivity (Wildman–Crippen MR) is 71.3 cm³/mol. The SMILES string of the molecule is O=CNc1ccc(-c2ccc3occc3c2)cc1F. The lowest BCUT2D eigenvalue weighted by molar-refractivity contribution is -0.105. The maximum absolute atomic E-state index is 13.7. The molecule has 3 nitrogen and oxygen atoms in total. The van der Waals surface area contributed by atoms with Crippen molar-refractivity contribution in [3.8, 4) is 11.1 Å². The normalized spacial score (nSPS) is 10.6. The van der Waals surface area contributed by atoms with Gasteiger partial charge in [0.2, 0.25) is 6.41 Å². The van der Waals surface area contributed by atoms with Crippen molar-refractivity contribution >= 4 is 23.1 Å². The van der Waals surface area contributed by atoms with E-state index >= 15 is 0 Å². The van der Waals surface area contributed by atoms with E-state index in [1.165, 1.54) is 6.07 Å². The molecule has 0 radical (unpaired) electrons. The molecule has 3 rings (SSSR count). The second-order valence-corrected chi connectivity index (χ2v) is 4.13. The topological polar surface area (TPSA) is 42.2 Å². The van der Waals surface area contributed by atoms with Crippen LogP contribution in [0.25, 0.3) is 22.1 Å². The molecule has 0 unspecified atom stereocenters. The molecule has 0 spiro atoms. The summed E-state index contributed by atoms with van der Waals surface area (Å²) >= 11 is 0. The summed E-state index contributed by atoms with van der Waals surface area (Å²) in [5.74, 6) is -0.461. The quantitative estimate of drug-likeness (QED) is 0.723. The van der Waals surface area contributed by atoms with Crippen LogP contribution in [0.15, 0.2) is 53.1 Å². The highest BCUT2D eigenvalue weighted by molar-refractivity contribution is 5.84. The Morgan fingerprint density at radius 3 is 2.63 bits per heavy atom. The third kappa shape index (κ3) is 2.08. The van der Waals surface area contributed by atoms with Crippen molar-refractivity contribution in [3.63, 3.8) is 0 Å². The number of benzene rings is 2. The fraction of sp³-hybridized carbons (Fsp3) is 0. The Kier molecular flexibility index (Phi) is 2.76. The summed E-state index contributed by atoms with van der Waals surface area (Å²) in [6.45, 7) is 0. The van der Waals surface area contributed by atoms with Gasteiger partial charge in [-0.25, -0.2) is 4.39 Å². The van der Waals surface area contributed by atoms with E-state index in [9.17, 15) is 9.18 Å². The van der Waals surface area contributed by atoms with E-state index in [0.717, 1.165) is 22.1 Å². The molecule has 1 heterocycles. The zero-order valence-corrected chi connectivity index (χ0v) is 9.89. The Morgan fingerprint density at radius 1 is 1.05 bits per heavy atom. The summed E-state index contributed by atoms with van der Waals surface area (Å²) in [7, 11) is 0. The average molecular weight is 255 g/mol. The molecule has 94 valence electrons. The fourth-order valence-electron chi connectivity index (χ4n) is 2.02. The summed E-state index contributed by atoms with van der Waals surface area (Å²) in [5, 5.41) is 3.28. The molecular formula is C15H10FNO2. The summed E-state index contributed by atoms with van der Waals surface area (Å²) in [6.07, 6.45) is 2.07. The summed E-state index contributed by atoms with van der Waals surface area (Å²) in [4.78, 5) is 10.3. The number of hydrogen-bond donors (Lipinski definition) is 1. The Hall–Kier alpha value is -2.62. The van der Waals surface area contributed by atoms with E-state index < -0.39 is 5.82 Å². The van der Waals surface area contributed by atoms with Crippen LogP contribution in [0.4, 0.5) is 10.1 Å². The lowest BCUT2D eigenvalue weighted by Gasteiger charge is -2.05. The van der Waals surface area contributed by atoms with Crippen molar-refractivity contribution in [2.45, 2.75) is 0 Å². The molecule has 0 saturated heterocycles. The number of anilines is 1. The molecule has 1 amide bonds. The molecule has 19 heavy (non-hydrogen) atoms. The van der Waals surface area contributed by atoms with Crippen molar-refractivity contribution in [1.29, 1.82) is 0 Å². The van der Waals surface area contributed by atoms with Gasteiger partial charge in [0.05, 0.1) is 12.0 Å². The first kappa shape index (κ1) is 11.5. The summed E-state index contributed by atoms with van der Waals surface area (Å²) < 4.78 is 19.0. The van der Waals surface area contributed by atoms with Crippen molar-refractivity contribution in [3.05, 3.63) is 54.5 Å². The first-order chi connectivity index (χ1) is 9.28. The van der Waals surface area contributed by atoms with Crippen molar-refractivity contribution < 1.29 is 13.6 Å². The smallest absolute Gasteiger partial charge is 0.211 e. The Morgan fingerprint density at radius 2 is 1.84 bits per heavy atom. The van der Waals surface area contributed by atoms with Crippen molar-refractivity contribution in [2.24, 2.45) is 0 Å². The number of halogens is 1. The van der Waals surface area contributed by atoms with Gasteiger partial charge < -0.3 is 9.73 Å². The molecule has 1 aromatic heterocycles. The van der Waals surface area contributed by atoms with Crippen LogP contribution in [0.1, 0.15) is 0 Å². The number of fused-ring (bicyclic) bond motifs is 1. The van der Waals surface area contributed by atoms with Gasteiger partial charge in [0.25, 0.3) is 0 Å². The summed E-state index contributed by atoms with van der Waals surface area (Å²) in [6, 6.07) is 12.2. The Labute approximate surface area is 108 Å². The summed E-state index contributed by atoms with van der Waals surface area (Å²) in [5.41, 5.74) is 2.61. The van der Waals surface area contributed by atoms with Gasteiger partial charge in [0.15, 0.2) is 0 Å². The van der Waals surface area contributed by atoms with Gasteiger partial charge in [-0.15, -0.1) is 0 Å². The monoisotopic (exact) mass is 255 g/mol. The third-order valence-electron chi connectivity index (χ3n) is 2.97. The Bertz CT molecular complexity index is 749. The van der Waals surface area contributed by atoms with Gasteiger partial charge in [0, 0.05) is 5.39 Å². The number of nitrogens with one attached hydrogen (secondary N) is 1. The molecule has 0 fully saturated rings. The number of hydrogen-bond acceptors (Lipinski definition) is 2. The van der Waals surface area contributed by atoms with Gasteiger partial charge in [-0.1, -0.05) is 12.1 Å². The van der Waals surface area contributed by atoms with Crippen LogP contribution in [-0.2, 0) is 4.79 Å².